The smallest absolute Gasteiger partial charge is 0.338 e. The third kappa shape index (κ3) is 5.70. The van der Waals surface area contributed by atoms with Crippen molar-refractivity contribution in [3.63, 3.8) is 0 Å². The van der Waals surface area contributed by atoms with Gasteiger partial charge in [0, 0.05) is 12.1 Å². The maximum Gasteiger partial charge on any atom is 0.338 e. The zero-order chi connectivity index (χ0) is 18.9. The third-order valence-corrected chi connectivity index (χ3v) is 4.19. The molecule has 0 aliphatic carbocycles. The molecule has 0 saturated carbocycles. The summed E-state index contributed by atoms with van der Waals surface area (Å²) in [4.78, 5) is 36.2. The number of hydrogen-bond acceptors (Lipinski definition) is 6. The first kappa shape index (κ1) is 19.7. The lowest BCUT2D eigenvalue weighted by Gasteiger charge is -2.10. The largest absolute Gasteiger partial charge is 0.462 e. The predicted octanol–water partition coefficient (Wildman–Crippen LogP) is 3.67. The van der Waals surface area contributed by atoms with Crippen LogP contribution < -0.4 is 5.32 Å². The summed E-state index contributed by atoms with van der Waals surface area (Å²) in [6.07, 6.45) is 0.923. The molecule has 6 nitrogen and oxygen atoms in total. The average Bonchev–Trinajstić information content (AvgIpc) is 3.13. The van der Waals surface area contributed by atoms with Gasteiger partial charge in [0.1, 0.15) is 0 Å². The summed E-state index contributed by atoms with van der Waals surface area (Å²) in [5.41, 5.74) is 1.82. The molecule has 138 valence electrons. The van der Waals surface area contributed by atoms with E-state index >= 15 is 0 Å². The van der Waals surface area contributed by atoms with Crippen molar-refractivity contribution in [3.05, 3.63) is 51.7 Å². The SMILES string of the molecule is CCOC(=O)c1cc(NC(=O)CCc2ccsc2)cc(C(=O)OCC)c1. The summed E-state index contributed by atoms with van der Waals surface area (Å²) in [5.74, 6) is -1.33. The number of thiophene rings is 1. The summed E-state index contributed by atoms with van der Waals surface area (Å²) in [6, 6.07) is 6.35. The van der Waals surface area contributed by atoms with Crippen molar-refractivity contribution < 1.29 is 23.9 Å². The van der Waals surface area contributed by atoms with Crippen molar-refractivity contribution in [2.75, 3.05) is 18.5 Å². The fraction of sp³-hybridized carbons (Fsp3) is 0.316. The molecule has 0 fully saturated rings. The summed E-state index contributed by atoms with van der Waals surface area (Å²) in [6.45, 7) is 3.82. The minimum absolute atomic E-state index is 0.186. The lowest BCUT2D eigenvalue weighted by Crippen LogP contribution is -2.15. The summed E-state index contributed by atoms with van der Waals surface area (Å²) in [7, 11) is 0. The van der Waals surface area contributed by atoms with E-state index in [0.29, 0.717) is 18.5 Å². The van der Waals surface area contributed by atoms with E-state index in [0.717, 1.165) is 5.56 Å². The Morgan fingerprint density at radius 1 is 1.00 bits per heavy atom. The van der Waals surface area contributed by atoms with Crippen molar-refractivity contribution in [2.45, 2.75) is 26.7 Å². The Bertz CT molecular complexity index is 734. The Kier molecular flexibility index (Phi) is 7.35. The van der Waals surface area contributed by atoms with Crippen molar-refractivity contribution in [2.24, 2.45) is 0 Å². The molecule has 0 aliphatic heterocycles. The number of nitrogens with one attached hydrogen (secondary N) is 1. The highest BCUT2D eigenvalue weighted by molar-refractivity contribution is 7.07. The second-order valence-corrected chi connectivity index (χ2v) is 6.20. The molecule has 1 aromatic heterocycles. The Morgan fingerprint density at radius 2 is 1.62 bits per heavy atom. The Morgan fingerprint density at radius 3 is 2.12 bits per heavy atom. The van der Waals surface area contributed by atoms with Gasteiger partial charge in [-0.3, -0.25) is 4.79 Å². The van der Waals surface area contributed by atoms with Gasteiger partial charge >= 0.3 is 11.9 Å². The number of benzene rings is 1. The zero-order valence-electron chi connectivity index (χ0n) is 14.7. The van der Waals surface area contributed by atoms with E-state index in [2.05, 4.69) is 5.32 Å². The van der Waals surface area contributed by atoms with Crippen LogP contribution in [0.2, 0.25) is 0 Å². The molecule has 0 unspecified atom stereocenters. The minimum atomic E-state index is -0.563. The molecule has 0 saturated heterocycles. The molecule has 0 atom stereocenters. The molecule has 0 radical (unpaired) electrons. The van der Waals surface area contributed by atoms with Crippen LogP contribution in [-0.2, 0) is 20.7 Å². The summed E-state index contributed by atoms with van der Waals surface area (Å²) >= 11 is 1.58. The Hall–Kier alpha value is -2.67. The van der Waals surface area contributed by atoms with Gasteiger partial charge < -0.3 is 14.8 Å². The first-order valence-corrected chi connectivity index (χ1v) is 9.28. The molecule has 1 aromatic carbocycles. The number of rotatable bonds is 8. The standard InChI is InChI=1S/C19H21NO5S/c1-3-24-18(22)14-9-15(19(23)25-4-2)11-16(10-14)20-17(21)6-5-13-7-8-26-12-13/h7-12H,3-6H2,1-2H3,(H,20,21). The van der Waals surface area contributed by atoms with Crippen molar-refractivity contribution >= 4 is 34.9 Å². The molecule has 0 aliphatic rings. The van der Waals surface area contributed by atoms with E-state index in [1.54, 1.807) is 25.2 Å². The van der Waals surface area contributed by atoms with Gasteiger partial charge in [0.15, 0.2) is 0 Å². The van der Waals surface area contributed by atoms with E-state index in [4.69, 9.17) is 9.47 Å². The number of carbonyl (C=O) groups excluding carboxylic acids is 3. The van der Waals surface area contributed by atoms with Crippen LogP contribution in [0.1, 0.15) is 46.5 Å². The topological polar surface area (TPSA) is 81.7 Å². The molecule has 2 aromatic rings. The van der Waals surface area contributed by atoms with Crippen LogP contribution in [0.15, 0.2) is 35.0 Å². The van der Waals surface area contributed by atoms with E-state index in [9.17, 15) is 14.4 Å². The zero-order valence-corrected chi connectivity index (χ0v) is 15.6. The van der Waals surface area contributed by atoms with Gasteiger partial charge in [0.2, 0.25) is 5.91 Å². The highest BCUT2D eigenvalue weighted by Gasteiger charge is 2.16. The molecular formula is C19H21NO5S. The molecule has 2 rings (SSSR count). The van der Waals surface area contributed by atoms with Crippen LogP contribution >= 0.6 is 11.3 Å². The molecule has 1 N–H and O–H groups in total. The quantitative estimate of drug-likeness (QED) is 0.712. The minimum Gasteiger partial charge on any atom is -0.462 e. The summed E-state index contributed by atoms with van der Waals surface area (Å²) < 4.78 is 9.95. The fourth-order valence-corrected chi connectivity index (χ4v) is 2.98. The number of ether oxygens (including phenoxy) is 2. The number of anilines is 1. The van der Waals surface area contributed by atoms with Gasteiger partial charge in [-0.2, -0.15) is 11.3 Å². The van der Waals surface area contributed by atoms with Crippen LogP contribution in [0.3, 0.4) is 0 Å². The number of carbonyl (C=O) groups is 3. The van der Waals surface area contributed by atoms with Crippen LogP contribution in [0.5, 0.6) is 0 Å². The number of aryl methyl sites for hydroxylation is 1. The van der Waals surface area contributed by atoms with E-state index in [1.165, 1.54) is 18.2 Å². The van der Waals surface area contributed by atoms with Gasteiger partial charge in [0.25, 0.3) is 0 Å². The molecule has 1 heterocycles. The summed E-state index contributed by atoms with van der Waals surface area (Å²) in [5, 5.41) is 6.68. The number of amides is 1. The normalized spacial score (nSPS) is 10.2. The van der Waals surface area contributed by atoms with Crippen molar-refractivity contribution in [3.8, 4) is 0 Å². The lowest BCUT2D eigenvalue weighted by atomic mass is 10.1. The van der Waals surface area contributed by atoms with Gasteiger partial charge in [-0.25, -0.2) is 9.59 Å². The average molecular weight is 375 g/mol. The Balaban J connectivity index is 2.15. The molecule has 26 heavy (non-hydrogen) atoms. The highest BCUT2D eigenvalue weighted by atomic mass is 32.1. The monoisotopic (exact) mass is 375 g/mol. The van der Waals surface area contributed by atoms with Crippen LogP contribution in [0.25, 0.3) is 0 Å². The van der Waals surface area contributed by atoms with Gasteiger partial charge in [0.05, 0.1) is 24.3 Å². The van der Waals surface area contributed by atoms with Crippen molar-refractivity contribution in [1.82, 2.24) is 0 Å². The number of esters is 2. The van der Waals surface area contributed by atoms with E-state index in [1.807, 2.05) is 16.8 Å². The van der Waals surface area contributed by atoms with E-state index in [-0.39, 0.29) is 30.2 Å². The molecular weight excluding hydrogens is 354 g/mol. The van der Waals surface area contributed by atoms with Crippen LogP contribution in [0.4, 0.5) is 5.69 Å². The molecule has 0 bridgehead atoms. The third-order valence-electron chi connectivity index (χ3n) is 3.46. The van der Waals surface area contributed by atoms with Gasteiger partial charge in [-0.1, -0.05) is 0 Å². The fourth-order valence-electron chi connectivity index (χ4n) is 2.28. The van der Waals surface area contributed by atoms with Crippen LogP contribution in [-0.4, -0.2) is 31.1 Å². The van der Waals surface area contributed by atoms with Gasteiger partial charge in [-0.15, -0.1) is 0 Å². The second-order valence-electron chi connectivity index (χ2n) is 5.42. The second kappa shape index (κ2) is 9.72. The van der Waals surface area contributed by atoms with Crippen LogP contribution in [0, 0.1) is 0 Å². The van der Waals surface area contributed by atoms with Gasteiger partial charge in [-0.05, 0) is 60.9 Å². The lowest BCUT2D eigenvalue weighted by molar-refractivity contribution is -0.116. The molecule has 7 heteroatoms. The van der Waals surface area contributed by atoms with E-state index < -0.39 is 11.9 Å². The van der Waals surface area contributed by atoms with Crippen molar-refractivity contribution in [1.29, 1.82) is 0 Å². The molecule has 0 spiro atoms. The first-order chi connectivity index (χ1) is 12.5. The Labute approximate surface area is 156 Å². The maximum absolute atomic E-state index is 12.2. The highest BCUT2D eigenvalue weighted by Crippen LogP contribution is 2.18. The predicted molar refractivity (Wildman–Crippen MR) is 99.6 cm³/mol. The first-order valence-electron chi connectivity index (χ1n) is 8.33. The number of hydrogen-bond donors (Lipinski definition) is 1. The molecule has 1 amide bonds. The maximum atomic E-state index is 12.2.